The fraction of sp³-hybridized carbons (Fsp3) is 0.438. The van der Waals surface area contributed by atoms with Gasteiger partial charge < -0.3 is 20.5 Å². The molecule has 0 spiro atoms. The molecule has 0 bridgehead atoms. The van der Waals surface area contributed by atoms with E-state index in [1.807, 2.05) is 0 Å². The van der Waals surface area contributed by atoms with Gasteiger partial charge in [-0.3, -0.25) is 4.79 Å². The third kappa shape index (κ3) is 5.98. The standard InChI is InChI=1S/C16H22N2O5/c1-16(2,3)23-15(21)18-12(14(20)22-4)9-13(19)10-7-5-6-8-11(10)17/h5-8,12H,9,17H2,1-4H3,(H,18,21). The number of Topliss-reactive ketones (excluding diaryl/α,β-unsaturated/α-hetero) is 1. The van der Waals surface area contributed by atoms with E-state index in [0.717, 1.165) is 0 Å². The second-order valence-corrected chi connectivity index (χ2v) is 5.94. The number of amides is 1. The van der Waals surface area contributed by atoms with E-state index in [9.17, 15) is 14.4 Å². The van der Waals surface area contributed by atoms with Crippen molar-refractivity contribution in [2.45, 2.75) is 38.8 Å². The molecule has 126 valence electrons. The lowest BCUT2D eigenvalue weighted by Crippen LogP contribution is -2.45. The Labute approximate surface area is 135 Å². The van der Waals surface area contributed by atoms with Crippen molar-refractivity contribution in [1.29, 1.82) is 0 Å². The highest BCUT2D eigenvalue weighted by Crippen LogP contribution is 2.15. The summed E-state index contributed by atoms with van der Waals surface area (Å²) in [4.78, 5) is 35.9. The van der Waals surface area contributed by atoms with Crippen LogP contribution in [0.3, 0.4) is 0 Å². The quantitative estimate of drug-likeness (QED) is 0.487. The summed E-state index contributed by atoms with van der Waals surface area (Å²) in [6.07, 6.45) is -1.08. The minimum absolute atomic E-state index is 0.278. The molecule has 1 amide bonds. The largest absolute Gasteiger partial charge is 0.467 e. The van der Waals surface area contributed by atoms with Gasteiger partial charge in [0, 0.05) is 17.7 Å². The molecule has 3 N–H and O–H groups in total. The molecule has 1 aromatic carbocycles. The van der Waals surface area contributed by atoms with Crippen molar-refractivity contribution in [3.63, 3.8) is 0 Å². The number of alkyl carbamates (subject to hydrolysis) is 1. The molecule has 7 nitrogen and oxygen atoms in total. The van der Waals surface area contributed by atoms with Gasteiger partial charge in [-0.2, -0.15) is 0 Å². The average Bonchev–Trinajstić information content (AvgIpc) is 2.44. The van der Waals surface area contributed by atoms with Crippen LogP contribution in [0.5, 0.6) is 0 Å². The molecule has 0 aliphatic rings. The summed E-state index contributed by atoms with van der Waals surface area (Å²) in [7, 11) is 1.17. The van der Waals surface area contributed by atoms with Crippen LogP contribution >= 0.6 is 0 Å². The minimum Gasteiger partial charge on any atom is -0.467 e. The molecule has 1 unspecified atom stereocenters. The molecule has 0 aromatic heterocycles. The third-order valence-electron chi connectivity index (χ3n) is 2.83. The van der Waals surface area contributed by atoms with E-state index in [2.05, 4.69) is 10.1 Å². The van der Waals surface area contributed by atoms with Crippen LogP contribution in [-0.4, -0.2) is 36.6 Å². The first-order valence-corrected chi connectivity index (χ1v) is 7.09. The van der Waals surface area contributed by atoms with E-state index in [1.165, 1.54) is 7.11 Å². The van der Waals surface area contributed by atoms with Crippen LogP contribution in [0.15, 0.2) is 24.3 Å². The number of methoxy groups -OCH3 is 1. The zero-order valence-electron chi connectivity index (χ0n) is 13.7. The number of carbonyl (C=O) groups is 3. The van der Waals surface area contributed by atoms with Gasteiger partial charge in [0.25, 0.3) is 0 Å². The van der Waals surface area contributed by atoms with Gasteiger partial charge in [0.1, 0.15) is 11.6 Å². The number of nitrogens with two attached hydrogens (primary N) is 1. The molecule has 1 rings (SSSR count). The van der Waals surface area contributed by atoms with Gasteiger partial charge in [0.15, 0.2) is 5.78 Å². The maximum atomic E-state index is 12.3. The molecule has 0 saturated heterocycles. The Hall–Kier alpha value is -2.57. The number of esters is 1. The minimum atomic E-state index is -1.15. The van der Waals surface area contributed by atoms with Crippen molar-refractivity contribution in [1.82, 2.24) is 5.32 Å². The SMILES string of the molecule is COC(=O)C(CC(=O)c1ccccc1N)NC(=O)OC(C)(C)C. The summed E-state index contributed by atoms with van der Waals surface area (Å²) < 4.78 is 9.70. The van der Waals surface area contributed by atoms with Crippen LogP contribution in [-0.2, 0) is 14.3 Å². The number of ketones is 1. The summed E-state index contributed by atoms with van der Waals surface area (Å²) in [5.74, 6) is -1.12. The zero-order chi connectivity index (χ0) is 17.6. The number of benzene rings is 1. The van der Waals surface area contributed by atoms with Crippen LogP contribution in [0.4, 0.5) is 10.5 Å². The van der Waals surface area contributed by atoms with Crippen LogP contribution < -0.4 is 11.1 Å². The Morgan fingerprint density at radius 3 is 2.35 bits per heavy atom. The van der Waals surface area contributed by atoms with Gasteiger partial charge in [-0.05, 0) is 32.9 Å². The van der Waals surface area contributed by atoms with Crippen molar-refractivity contribution in [3.8, 4) is 0 Å². The van der Waals surface area contributed by atoms with Gasteiger partial charge in [0.05, 0.1) is 7.11 Å². The molecular formula is C16H22N2O5. The first-order chi connectivity index (χ1) is 10.6. The van der Waals surface area contributed by atoms with Crippen molar-refractivity contribution < 1.29 is 23.9 Å². The summed E-state index contributed by atoms with van der Waals surface area (Å²) in [6, 6.07) is 5.35. The predicted molar refractivity (Wildman–Crippen MR) is 85.0 cm³/mol. The maximum absolute atomic E-state index is 12.3. The highest BCUT2D eigenvalue weighted by Gasteiger charge is 2.28. The fourth-order valence-electron chi connectivity index (χ4n) is 1.83. The molecule has 0 fully saturated rings. The molecule has 7 heteroatoms. The molecule has 0 heterocycles. The zero-order valence-corrected chi connectivity index (χ0v) is 13.7. The van der Waals surface area contributed by atoms with Crippen LogP contribution in [0.2, 0.25) is 0 Å². The van der Waals surface area contributed by atoms with Crippen LogP contribution in [0, 0.1) is 0 Å². The predicted octanol–water partition coefficient (Wildman–Crippen LogP) is 1.91. The highest BCUT2D eigenvalue weighted by atomic mass is 16.6. The number of para-hydroxylation sites is 1. The Morgan fingerprint density at radius 2 is 1.83 bits per heavy atom. The van der Waals surface area contributed by atoms with Gasteiger partial charge in [0.2, 0.25) is 0 Å². The average molecular weight is 322 g/mol. The normalized spacial score (nSPS) is 12.2. The lowest BCUT2D eigenvalue weighted by Gasteiger charge is -2.22. The Balaban J connectivity index is 2.83. The first-order valence-electron chi connectivity index (χ1n) is 7.09. The number of carbonyl (C=O) groups excluding carboxylic acids is 3. The van der Waals surface area contributed by atoms with Crippen molar-refractivity contribution in [2.75, 3.05) is 12.8 Å². The Bertz CT molecular complexity index is 592. The summed E-state index contributed by atoms with van der Waals surface area (Å²) >= 11 is 0. The number of anilines is 1. The molecule has 0 aliphatic carbocycles. The van der Waals surface area contributed by atoms with Gasteiger partial charge in [-0.15, -0.1) is 0 Å². The van der Waals surface area contributed by atoms with E-state index < -0.39 is 23.7 Å². The number of nitrogens with one attached hydrogen (secondary N) is 1. The van der Waals surface area contributed by atoms with Crippen LogP contribution in [0.1, 0.15) is 37.6 Å². The third-order valence-corrected chi connectivity index (χ3v) is 2.83. The summed E-state index contributed by atoms with van der Waals surface area (Å²) in [6.45, 7) is 5.07. The maximum Gasteiger partial charge on any atom is 0.408 e. The summed E-state index contributed by atoms with van der Waals surface area (Å²) in [5.41, 5.74) is 5.61. The molecular weight excluding hydrogens is 300 g/mol. The number of hydrogen-bond acceptors (Lipinski definition) is 6. The van der Waals surface area contributed by atoms with Gasteiger partial charge in [-0.1, -0.05) is 12.1 Å². The number of rotatable bonds is 5. The van der Waals surface area contributed by atoms with Gasteiger partial charge in [-0.25, -0.2) is 9.59 Å². The number of hydrogen-bond donors (Lipinski definition) is 2. The molecule has 23 heavy (non-hydrogen) atoms. The van der Waals surface area contributed by atoms with Crippen LogP contribution in [0.25, 0.3) is 0 Å². The smallest absolute Gasteiger partial charge is 0.408 e. The molecule has 0 aliphatic heterocycles. The van der Waals surface area contributed by atoms with E-state index >= 15 is 0 Å². The molecule has 0 radical (unpaired) electrons. The van der Waals surface area contributed by atoms with Gasteiger partial charge >= 0.3 is 12.1 Å². The number of ether oxygens (including phenoxy) is 2. The molecule has 0 saturated carbocycles. The van der Waals surface area contributed by atoms with Crippen molar-refractivity contribution in [2.24, 2.45) is 0 Å². The lowest BCUT2D eigenvalue weighted by atomic mass is 10.0. The Kier molecular flexibility index (Phi) is 6.12. The number of nitrogen functional groups attached to an aromatic ring is 1. The second-order valence-electron chi connectivity index (χ2n) is 5.94. The molecule has 1 aromatic rings. The van der Waals surface area contributed by atoms with E-state index in [-0.39, 0.29) is 17.8 Å². The molecule has 1 atom stereocenters. The second kappa shape index (κ2) is 7.62. The first kappa shape index (κ1) is 18.5. The highest BCUT2D eigenvalue weighted by molar-refractivity contribution is 6.03. The monoisotopic (exact) mass is 322 g/mol. The van der Waals surface area contributed by atoms with E-state index in [0.29, 0.717) is 5.69 Å². The Morgan fingerprint density at radius 1 is 1.22 bits per heavy atom. The summed E-state index contributed by atoms with van der Waals surface area (Å²) in [5, 5.41) is 2.35. The topological polar surface area (TPSA) is 108 Å². The van der Waals surface area contributed by atoms with Crippen molar-refractivity contribution in [3.05, 3.63) is 29.8 Å². The van der Waals surface area contributed by atoms with E-state index in [4.69, 9.17) is 10.5 Å². The fourth-order valence-corrected chi connectivity index (χ4v) is 1.83. The van der Waals surface area contributed by atoms with E-state index in [1.54, 1.807) is 45.0 Å². The van der Waals surface area contributed by atoms with Crippen molar-refractivity contribution >= 4 is 23.5 Å². The lowest BCUT2D eigenvalue weighted by molar-refractivity contribution is -0.143.